The van der Waals surface area contributed by atoms with Gasteiger partial charge in [-0.25, -0.2) is 27.1 Å². The maximum absolute atomic E-state index is 11.3. The van der Waals surface area contributed by atoms with Crippen LogP contribution < -0.4 is 10.3 Å². The summed E-state index contributed by atoms with van der Waals surface area (Å²) in [5, 5.41) is 9.96. The van der Waals surface area contributed by atoms with Crippen molar-refractivity contribution < 1.29 is 16.8 Å². The van der Waals surface area contributed by atoms with Crippen LogP contribution in [0.15, 0.2) is 21.9 Å². The Morgan fingerprint density at radius 3 is 1.81 bits per heavy atom. The summed E-state index contributed by atoms with van der Waals surface area (Å²) < 4.78 is 45.0. The molecule has 0 aliphatic carbocycles. The number of hydrogen-bond acceptors (Lipinski definition) is 4. The lowest BCUT2D eigenvalue weighted by Crippen LogP contribution is -2.19. The van der Waals surface area contributed by atoms with Crippen LogP contribution in [-0.4, -0.2) is 16.8 Å². The van der Waals surface area contributed by atoms with Crippen LogP contribution in [0, 0.1) is 13.8 Å². The first-order valence-electron chi connectivity index (χ1n) is 4.21. The van der Waals surface area contributed by atoms with Crippen LogP contribution in [0.2, 0.25) is 0 Å². The topological polar surface area (TPSA) is 120 Å². The van der Waals surface area contributed by atoms with Crippen LogP contribution in [0.5, 0.6) is 0 Å². The predicted octanol–water partition coefficient (Wildman–Crippen LogP) is -0.402. The van der Waals surface area contributed by atoms with E-state index >= 15 is 0 Å². The van der Waals surface area contributed by atoms with Crippen molar-refractivity contribution in [1.29, 1.82) is 0 Å². The molecule has 0 heterocycles. The third-order valence-electron chi connectivity index (χ3n) is 2.14. The van der Waals surface area contributed by atoms with Crippen molar-refractivity contribution in [1.82, 2.24) is 0 Å². The van der Waals surface area contributed by atoms with Gasteiger partial charge in [0, 0.05) is 0 Å². The van der Waals surface area contributed by atoms with Gasteiger partial charge in [0.2, 0.25) is 20.0 Å². The number of hydrogen-bond donors (Lipinski definition) is 2. The zero-order chi connectivity index (χ0) is 12.7. The van der Waals surface area contributed by atoms with E-state index in [-0.39, 0.29) is 15.4 Å². The van der Waals surface area contributed by atoms with E-state index in [2.05, 4.69) is 0 Å². The minimum atomic E-state index is -3.97. The van der Waals surface area contributed by atoms with Crippen LogP contribution >= 0.6 is 0 Å². The highest BCUT2D eigenvalue weighted by Gasteiger charge is 2.21. The first-order chi connectivity index (χ1) is 7.05. The van der Waals surface area contributed by atoms with Crippen molar-refractivity contribution in [2.45, 2.75) is 23.6 Å². The van der Waals surface area contributed by atoms with Crippen LogP contribution in [0.3, 0.4) is 0 Å². The Morgan fingerprint density at radius 1 is 0.938 bits per heavy atom. The minimum absolute atomic E-state index is 0.0463. The van der Waals surface area contributed by atoms with Gasteiger partial charge < -0.3 is 0 Å². The summed E-state index contributed by atoms with van der Waals surface area (Å²) in [4.78, 5) is -0.429. The Balaban J connectivity index is 3.79. The SMILES string of the molecule is Cc1ccc(S(N)(=O)=O)c(C)c1S(N)(=O)=O. The second-order valence-electron chi connectivity index (χ2n) is 3.42. The largest absolute Gasteiger partial charge is 0.238 e. The molecular formula is C8H12N2O4S2. The lowest BCUT2D eigenvalue weighted by atomic mass is 10.1. The van der Waals surface area contributed by atoms with Gasteiger partial charge in [0.25, 0.3) is 0 Å². The average Bonchev–Trinajstić information content (AvgIpc) is 1.97. The molecule has 0 fully saturated rings. The minimum Gasteiger partial charge on any atom is -0.225 e. The highest BCUT2D eigenvalue weighted by atomic mass is 32.2. The molecule has 0 bridgehead atoms. The number of benzene rings is 1. The summed E-state index contributed by atoms with van der Waals surface area (Å²) in [6.45, 7) is 2.88. The lowest BCUT2D eigenvalue weighted by molar-refractivity contribution is 0.594. The molecule has 0 amide bonds. The van der Waals surface area contributed by atoms with E-state index in [1.165, 1.54) is 26.0 Å². The average molecular weight is 264 g/mol. The van der Waals surface area contributed by atoms with Crippen molar-refractivity contribution in [3.8, 4) is 0 Å². The predicted molar refractivity (Wildman–Crippen MR) is 58.7 cm³/mol. The van der Waals surface area contributed by atoms with Crippen LogP contribution in [0.4, 0.5) is 0 Å². The third kappa shape index (κ3) is 2.40. The van der Waals surface area contributed by atoms with Gasteiger partial charge in [-0.05, 0) is 31.0 Å². The molecule has 0 radical (unpaired) electrons. The molecule has 0 aromatic heterocycles. The van der Waals surface area contributed by atoms with Gasteiger partial charge in [-0.3, -0.25) is 0 Å². The lowest BCUT2D eigenvalue weighted by Gasteiger charge is -2.10. The van der Waals surface area contributed by atoms with Crippen LogP contribution in [0.1, 0.15) is 11.1 Å². The van der Waals surface area contributed by atoms with E-state index in [0.29, 0.717) is 5.56 Å². The second-order valence-corrected chi connectivity index (χ2v) is 6.45. The van der Waals surface area contributed by atoms with E-state index in [4.69, 9.17) is 10.3 Å². The van der Waals surface area contributed by atoms with E-state index in [0.717, 1.165) is 0 Å². The van der Waals surface area contributed by atoms with Gasteiger partial charge in [0.15, 0.2) is 0 Å². The van der Waals surface area contributed by atoms with Gasteiger partial charge in [-0.15, -0.1) is 0 Å². The fraction of sp³-hybridized carbons (Fsp3) is 0.250. The van der Waals surface area contributed by atoms with Gasteiger partial charge in [-0.1, -0.05) is 6.07 Å². The van der Waals surface area contributed by atoms with Gasteiger partial charge >= 0.3 is 0 Å². The molecule has 1 aromatic carbocycles. The van der Waals surface area contributed by atoms with E-state index in [1.807, 2.05) is 0 Å². The van der Waals surface area contributed by atoms with E-state index < -0.39 is 20.0 Å². The molecule has 8 heteroatoms. The summed E-state index contributed by atoms with van der Waals surface area (Å²) in [5.41, 5.74) is 0.428. The molecule has 0 spiro atoms. The number of nitrogens with two attached hydrogens (primary N) is 2. The number of aryl methyl sites for hydroxylation is 1. The molecule has 6 nitrogen and oxygen atoms in total. The molecule has 0 aliphatic heterocycles. The zero-order valence-corrected chi connectivity index (χ0v) is 10.4. The van der Waals surface area contributed by atoms with Crippen molar-refractivity contribution in [3.05, 3.63) is 23.3 Å². The molecule has 0 saturated heterocycles. The fourth-order valence-corrected chi connectivity index (χ4v) is 3.46. The molecule has 0 unspecified atom stereocenters. The molecule has 0 saturated carbocycles. The molecular weight excluding hydrogens is 252 g/mol. The smallest absolute Gasteiger partial charge is 0.225 e. The Labute approximate surface area is 94.4 Å². The molecule has 4 N–H and O–H groups in total. The summed E-state index contributed by atoms with van der Waals surface area (Å²) in [6, 6.07) is 2.61. The Kier molecular flexibility index (Phi) is 3.12. The van der Waals surface area contributed by atoms with Gasteiger partial charge in [0.1, 0.15) is 0 Å². The maximum atomic E-state index is 11.3. The summed E-state index contributed by atoms with van der Waals surface area (Å²) >= 11 is 0. The Hall–Kier alpha value is -0.960. The monoisotopic (exact) mass is 264 g/mol. The molecule has 0 aliphatic rings. The first kappa shape index (κ1) is 13.1. The van der Waals surface area contributed by atoms with E-state index in [9.17, 15) is 16.8 Å². The molecule has 1 rings (SSSR count). The number of rotatable bonds is 2. The van der Waals surface area contributed by atoms with Crippen LogP contribution in [0.25, 0.3) is 0 Å². The summed E-state index contributed by atoms with van der Waals surface area (Å²) in [5.74, 6) is 0. The summed E-state index contributed by atoms with van der Waals surface area (Å²) in [7, 11) is -7.92. The van der Waals surface area contributed by atoms with Crippen molar-refractivity contribution in [2.75, 3.05) is 0 Å². The van der Waals surface area contributed by atoms with Crippen molar-refractivity contribution in [2.24, 2.45) is 10.3 Å². The van der Waals surface area contributed by atoms with E-state index in [1.54, 1.807) is 0 Å². The van der Waals surface area contributed by atoms with Crippen LogP contribution in [-0.2, 0) is 20.0 Å². The normalized spacial score (nSPS) is 12.8. The molecule has 0 atom stereocenters. The van der Waals surface area contributed by atoms with Gasteiger partial charge in [-0.2, -0.15) is 0 Å². The third-order valence-corrected chi connectivity index (χ3v) is 4.40. The fourth-order valence-electron chi connectivity index (χ4n) is 1.56. The molecule has 1 aromatic rings. The first-order valence-corrected chi connectivity index (χ1v) is 7.30. The van der Waals surface area contributed by atoms with Crippen molar-refractivity contribution in [3.63, 3.8) is 0 Å². The molecule has 90 valence electrons. The standard InChI is InChI=1S/C8H12N2O4S2/c1-5-3-4-7(15(9,11)12)6(2)8(5)16(10,13)14/h3-4H,1-2H3,(H2,9,11,12)(H2,10,13,14). The Bertz CT molecular complexity index is 632. The number of sulfonamides is 2. The quantitative estimate of drug-likeness (QED) is 0.754. The Morgan fingerprint density at radius 2 is 1.44 bits per heavy atom. The van der Waals surface area contributed by atoms with Gasteiger partial charge in [0.05, 0.1) is 9.79 Å². The zero-order valence-electron chi connectivity index (χ0n) is 8.76. The highest BCUT2D eigenvalue weighted by molar-refractivity contribution is 7.90. The molecule has 16 heavy (non-hydrogen) atoms. The maximum Gasteiger partial charge on any atom is 0.238 e. The number of primary sulfonamides is 2. The summed E-state index contributed by atoms with van der Waals surface area (Å²) in [6.07, 6.45) is 0. The second kappa shape index (κ2) is 3.81. The van der Waals surface area contributed by atoms with Crippen molar-refractivity contribution >= 4 is 20.0 Å². The highest BCUT2D eigenvalue weighted by Crippen LogP contribution is 2.24.